The van der Waals surface area contributed by atoms with Gasteiger partial charge in [0.05, 0.1) is 6.61 Å². The monoisotopic (exact) mass is 301 g/mol. The van der Waals surface area contributed by atoms with Crippen molar-refractivity contribution in [1.29, 1.82) is 0 Å². The predicted molar refractivity (Wildman–Crippen MR) is 58.0 cm³/mol. The fraction of sp³-hybridized carbons (Fsp3) is 0.875. The number of nitrogens with one attached hydrogen (secondary N) is 1. The molecule has 0 unspecified atom stereocenters. The zero-order chi connectivity index (χ0) is 14.8. The van der Waals surface area contributed by atoms with Crippen LogP contribution in [0.4, 0.5) is 0 Å². The molecule has 5 atom stereocenters. The summed E-state index contributed by atoms with van der Waals surface area (Å²) in [5.41, 5.74) is 0. The first kappa shape index (κ1) is 16.2. The van der Waals surface area contributed by atoms with Crippen molar-refractivity contribution in [1.82, 2.24) is 5.32 Å². The van der Waals surface area contributed by atoms with Crippen molar-refractivity contribution in [2.24, 2.45) is 0 Å². The molecule has 0 saturated carbocycles. The number of carbonyl (C=O) groups is 1. The first-order valence-corrected chi connectivity index (χ1v) is 6.57. The van der Waals surface area contributed by atoms with E-state index in [1.807, 2.05) is 0 Å². The molecule has 1 amide bonds. The standard InChI is InChI=1S/C8H15NO9S/c1-3(10)9-5-7(12)6(11)4(18-8(5)13)2-17-19(14,15)16/h4-8,11-13H,2H2,1H3,(H,9,10)(H,14,15,16)/t4-,5-,6-,7+,8-/m1/s1. The van der Waals surface area contributed by atoms with Crippen LogP contribution in [0.2, 0.25) is 0 Å². The third-order valence-corrected chi connectivity index (χ3v) is 2.91. The molecule has 0 aromatic carbocycles. The van der Waals surface area contributed by atoms with Crippen LogP contribution in [0.15, 0.2) is 0 Å². The molecule has 0 aromatic heterocycles. The van der Waals surface area contributed by atoms with Gasteiger partial charge in [0.1, 0.15) is 24.4 Å². The highest BCUT2D eigenvalue weighted by Gasteiger charge is 2.44. The second-order valence-electron chi connectivity index (χ2n) is 3.98. The predicted octanol–water partition coefficient (Wildman–Crippen LogP) is -3.25. The quantitative estimate of drug-likeness (QED) is 0.335. The SMILES string of the molecule is CC(=O)N[C@@H]1[C@H](O)[C@H](O)[C@@H](COS(=O)(=O)O)O[C@H]1O. The maximum atomic E-state index is 10.8. The molecule has 0 bridgehead atoms. The summed E-state index contributed by atoms with van der Waals surface area (Å²) in [6.45, 7) is 0.334. The van der Waals surface area contributed by atoms with Gasteiger partial charge in [-0.15, -0.1) is 0 Å². The van der Waals surface area contributed by atoms with E-state index in [2.05, 4.69) is 9.50 Å². The highest BCUT2D eigenvalue weighted by Crippen LogP contribution is 2.20. The maximum absolute atomic E-state index is 10.8. The molecular weight excluding hydrogens is 286 g/mol. The summed E-state index contributed by atoms with van der Waals surface area (Å²) in [5.74, 6) is -0.563. The minimum Gasteiger partial charge on any atom is -0.388 e. The minimum absolute atomic E-state index is 0.563. The molecule has 1 fully saturated rings. The van der Waals surface area contributed by atoms with Crippen molar-refractivity contribution in [2.75, 3.05) is 6.61 Å². The zero-order valence-corrected chi connectivity index (χ0v) is 10.6. The van der Waals surface area contributed by atoms with E-state index in [-0.39, 0.29) is 0 Å². The van der Waals surface area contributed by atoms with Gasteiger partial charge in [-0.2, -0.15) is 8.42 Å². The number of aliphatic hydroxyl groups is 3. The molecule has 5 N–H and O–H groups in total. The van der Waals surface area contributed by atoms with E-state index in [9.17, 15) is 28.5 Å². The number of carbonyl (C=O) groups excluding carboxylic acids is 1. The Morgan fingerprint density at radius 3 is 2.37 bits per heavy atom. The Labute approximate surface area is 108 Å². The molecule has 0 aliphatic carbocycles. The largest absolute Gasteiger partial charge is 0.397 e. The van der Waals surface area contributed by atoms with Crippen molar-refractivity contribution >= 4 is 16.3 Å². The van der Waals surface area contributed by atoms with Crippen LogP contribution < -0.4 is 5.32 Å². The van der Waals surface area contributed by atoms with E-state index in [0.717, 1.165) is 6.92 Å². The Morgan fingerprint density at radius 2 is 1.89 bits per heavy atom. The van der Waals surface area contributed by atoms with Crippen molar-refractivity contribution in [3.8, 4) is 0 Å². The number of hydrogen-bond donors (Lipinski definition) is 5. The van der Waals surface area contributed by atoms with Gasteiger partial charge in [0.15, 0.2) is 6.29 Å². The number of ether oxygens (including phenoxy) is 1. The van der Waals surface area contributed by atoms with Gasteiger partial charge >= 0.3 is 10.4 Å². The van der Waals surface area contributed by atoms with Gasteiger partial charge in [-0.05, 0) is 0 Å². The van der Waals surface area contributed by atoms with Crippen LogP contribution in [0.3, 0.4) is 0 Å². The molecule has 112 valence electrons. The highest BCUT2D eigenvalue weighted by molar-refractivity contribution is 7.80. The summed E-state index contributed by atoms with van der Waals surface area (Å²) in [6.07, 6.45) is -6.28. The van der Waals surface area contributed by atoms with E-state index in [4.69, 9.17) is 9.29 Å². The van der Waals surface area contributed by atoms with Gasteiger partial charge in [0.25, 0.3) is 0 Å². The lowest BCUT2D eigenvalue weighted by Gasteiger charge is -2.40. The molecule has 1 aliphatic rings. The summed E-state index contributed by atoms with van der Waals surface area (Å²) < 4.78 is 37.9. The average molecular weight is 301 g/mol. The van der Waals surface area contributed by atoms with E-state index in [1.54, 1.807) is 0 Å². The number of amides is 1. The molecule has 0 spiro atoms. The van der Waals surface area contributed by atoms with Crippen LogP contribution in [0.25, 0.3) is 0 Å². The Bertz CT molecular complexity index is 424. The van der Waals surface area contributed by atoms with E-state index >= 15 is 0 Å². The van der Waals surface area contributed by atoms with Gasteiger partial charge in [-0.1, -0.05) is 0 Å². The molecule has 1 rings (SSSR count). The fourth-order valence-corrected chi connectivity index (χ4v) is 1.93. The van der Waals surface area contributed by atoms with Gasteiger partial charge in [0.2, 0.25) is 5.91 Å². The third kappa shape index (κ3) is 4.65. The van der Waals surface area contributed by atoms with Crippen molar-refractivity contribution in [2.45, 2.75) is 37.6 Å². The van der Waals surface area contributed by atoms with Crippen molar-refractivity contribution in [3.63, 3.8) is 0 Å². The van der Waals surface area contributed by atoms with Crippen LogP contribution in [0, 0.1) is 0 Å². The van der Waals surface area contributed by atoms with Crippen LogP contribution >= 0.6 is 0 Å². The summed E-state index contributed by atoms with van der Waals surface area (Å²) in [5, 5.41) is 31.0. The molecule has 19 heavy (non-hydrogen) atoms. The number of rotatable bonds is 4. The van der Waals surface area contributed by atoms with E-state index < -0.39 is 53.6 Å². The molecule has 1 saturated heterocycles. The summed E-state index contributed by atoms with van der Waals surface area (Å²) in [6, 6.07) is -1.27. The summed E-state index contributed by atoms with van der Waals surface area (Å²) in [4.78, 5) is 10.8. The molecule has 10 nitrogen and oxygen atoms in total. The van der Waals surface area contributed by atoms with Crippen molar-refractivity contribution in [3.05, 3.63) is 0 Å². The van der Waals surface area contributed by atoms with Crippen LogP contribution in [-0.2, 0) is 24.1 Å². The molecular formula is C8H15NO9S. The first-order valence-electron chi connectivity index (χ1n) is 5.20. The normalized spacial score (nSPS) is 35.9. The fourth-order valence-electron chi connectivity index (χ4n) is 1.63. The Hall–Kier alpha value is -0.820. The lowest BCUT2D eigenvalue weighted by molar-refractivity contribution is -0.252. The van der Waals surface area contributed by atoms with Gasteiger partial charge in [-0.3, -0.25) is 9.35 Å². The van der Waals surface area contributed by atoms with Gasteiger partial charge in [0, 0.05) is 6.92 Å². The Balaban J connectivity index is 2.69. The maximum Gasteiger partial charge on any atom is 0.397 e. The third-order valence-electron chi connectivity index (χ3n) is 2.47. The van der Waals surface area contributed by atoms with E-state index in [1.165, 1.54) is 0 Å². The molecule has 0 aromatic rings. The summed E-state index contributed by atoms with van der Waals surface area (Å²) >= 11 is 0. The summed E-state index contributed by atoms with van der Waals surface area (Å²) in [7, 11) is -4.74. The number of aliphatic hydroxyl groups excluding tert-OH is 3. The minimum atomic E-state index is -4.74. The molecule has 11 heteroatoms. The van der Waals surface area contributed by atoms with Crippen LogP contribution in [-0.4, -0.2) is 71.4 Å². The Morgan fingerprint density at radius 1 is 1.32 bits per heavy atom. The van der Waals surface area contributed by atoms with Crippen molar-refractivity contribution < 1.29 is 42.0 Å². The second kappa shape index (κ2) is 6.09. The second-order valence-corrected chi connectivity index (χ2v) is 5.08. The van der Waals surface area contributed by atoms with Crippen LogP contribution in [0.1, 0.15) is 6.92 Å². The number of hydrogen-bond acceptors (Lipinski definition) is 8. The topological polar surface area (TPSA) is 163 Å². The lowest BCUT2D eigenvalue weighted by atomic mass is 9.97. The Kier molecular flexibility index (Phi) is 5.20. The average Bonchev–Trinajstić information content (AvgIpc) is 2.26. The van der Waals surface area contributed by atoms with Gasteiger partial charge in [-0.25, -0.2) is 4.18 Å². The van der Waals surface area contributed by atoms with E-state index in [0.29, 0.717) is 0 Å². The van der Waals surface area contributed by atoms with Crippen LogP contribution in [0.5, 0.6) is 0 Å². The van der Waals surface area contributed by atoms with Gasteiger partial charge < -0.3 is 25.4 Å². The molecule has 0 radical (unpaired) electrons. The first-order chi connectivity index (χ1) is 8.61. The zero-order valence-electron chi connectivity index (χ0n) is 9.83. The molecule has 1 aliphatic heterocycles. The smallest absolute Gasteiger partial charge is 0.388 e. The lowest BCUT2D eigenvalue weighted by Crippen LogP contribution is -2.64. The highest BCUT2D eigenvalue weighted by atomic mass is 32.3. The molecule has 1 heterocycles.